The number of aromatic nitrogens is 3. The van der Waals surface area contributed by atoms with Gasteiger partial charge in [0.25, 0.3) is 0 Å². The molecule has 6 heteroatoms. The van der Waals surface area contributed by atoms with E-state index in [2.05, 4.69) is 49.7 Å². The van der Waals surface area contributed by atoms with Gasteiger partial charge in [0.1, 0.15) is 0 Å². The number of hydrogen-bond acceptors (Lipinski definition) is 4. The summed E-state index contributed by atoms with van der Waals surface area (Å²) in [6, 6.07) is 8.66. The Morgan fingerprint density at radius 1 is 1.41 bits per heavy atom. The van der Waals surface area contributed by atoms with E-state index in [1.54, 1.807) is 0 Å². The third-order valence-electron chi connectivity index (χ3n) is 4.50. The largest absolute Gasteiger partial charge is 0.339 e. The van der Waals surface area contributed by atoms with Gasteiger partial charge in [-0.15, -0.1) is 16.8 Å². The first kappa shape index (κ1) is 19.7. The number of carbonyl (C=O) groups excluding carboxylic acids is 1. The molecule has 1 heterocycles. The van der Waals surface area contributed by atoms with Crippen molar-refractivity contribution < 1.29 is 4.79 Å². The highest BCUT2D eigenvalue weighted by Crippen LogP contribution is 2.30. The lowest BCUT2D eigenvalue weighted by molar-refractivity contribution is -0.129. The van der Waals surface area contributed by atoms with Gasteiger partial charge in [-0.05, 0) is 31.7 Å². The molecule has 0 radical (unpaired) electrons. The summed E-state index contributed by atoms with van der Waals surface area (Å²) < 4.78 is 2.03. The molecule has 1 fully saturated rings. The Kier molecular flexibility index (Phi) is 6.37. The molecule has 144 valence electrons. The quantitative estimate of drug-likeness (QED) is 0.481. The monoisotopic (exact) mass is 384 g/mol. The van der Waals surface area contributed by atoms with Crippen LogP contribution in [-0.4, -0.2) is 43.9 Å². The number of nitrogens with zero attached hydrogens (tertiary/aromatic N) is 4. The Morgan fingerprint density at radius 3 is 2.81 bits per heavy atom. The van der Waals surface area contributed by atoms with E-state index in [9.17, 15) is 4.79 Å². The van der Waals surface area contributed by atoms with Crippen LogP contribution in [0.1, 0.15) is 32.3 Å². The zero-order chi connectivity index (χ0) is 19.4. The maximum absolute atomic E-state index is 12.8. The van der Waals surface area contributed by atoms with Gasteiger partial charge < -0.3 is 4.90 Å². The second kappa shape index (κ2) is 8.74. The molecule has 0 atom stereocenters. The average Bonchev–Trinajstić information content (AvgIpc) is 3.39. The van der Waals surface area contributed by atoms with Crippen LogP contribution in [-0.2, 0) is 11.3 Å². The topological polar surface area (TPSA) is 51.0 Å². The highest BCUT2D eigenvalue weighted by atomic mass is 32.2. The van der Waals surface area contributed by atoms with Gasteiger partial charge in [-0.3, -0.25) is 9.36 Å². The number of aryl methyl sites for hydroxylation is 1. The van der Waals surface area contributed by atoms with Crippen molar-refractivity contribution in [3.05, 3.63) is 42.5 Å². The van der Waals surface area contributed by atoms with Crippen LogP contribution in [0, 0.1) is 12.8 Å². The lowest BCUT2D eigenvalue weighted by Gasteiger charge is -2.24. The van der Waals surface area contributed by atoms with Gasteiger partial charge in [0.15, 0.2) is 11.0 Å². The first-order chi connectivity index (χ1) is 13.0. The van der Waals surface area contributed by atoms with Crippen LogP contribution in [0.25, 0.3) is 11.4 Å². The van der Waals surface area contributed by atoms with Gasteiger partial charge in [-0.25, -0.2) is 0 Å². The molecule has 1 aliphatic rings. The molecule has 1 aromatic carbocycles. The molecule has 1 aliphatic carbocycles. The zero-order valence-corrected chi connectivity index (χ0v) is 17.2. The summed E-state index contributed by atoms with van der Waals surface area (Å²) in [5.41, 5.74) is 2.21. The van der Waals surface area contributed by atoms with Crippen molar-refractivity contribution in [3.8, 4) is 11.4 Å². The lowest BCUT2D eigenvalue weighted by atomic mass is 10.1. The molecule has 0 N–H and O–H groups in total. The van der Waals surface area contributed by atoms with Crippen molar-refractivity contribution in [2.24, 2.45) is 5.92 Å². The molecule has 1 saturated carbocycles. The molecule has 1 aromatic heterocycles. The van der Waals surface area contributed by atoms with E-state index < -0.39 is 0 Å². The van der Waals surface area contributed by atoms with E-state index >= 15 is 0 Å². The van der Waals surface area contributed by atoms with Gasteiger partial charge in [0, 0.05) is 24.7 Å². The molecular weight excluding hydrogens is 356 g/mol. The van der Waals surface area contributed by atoms with Crippen molar-refractivity contribution >= 4 is 17.7 Å². The molecule has 3 rings (SSSR count). The summed E-state index contributed by atoms with van der Waals surface area (Å²) in [7, 11) is 0. The van der Waals surface area contributed by atoms with E-state index in [-0.39, 0.29) is 5.91 Å². The Bertz CT molecular complexity index is 810. The molecule has 2 aromatic rings. The first-order valence-corrected chi connectivity index (χ1v) is 10.5. The molecule has 1 amide bonds. The normalized spacial score (nSPS) is 13.8. The standard InChI is InChI=1S/C21H28N4OS/c1-5-11-24-20(17-8-6-7-16(4)12-17)22-23-21(24)27-14-19(26)25(13-15(2)3)18-9-10-18/h5-8,12,15,18H,1,9-11,13-14H2,2-4H3. The van der Waals surface area contributed by atoms with Crippen LogP contribution in [0.3, 0.4) is 0 Å². The van der Waals surface area contributed by atoms with Crippen molar-refractivity contribution in [2.75, 3.05) is 12.3 Å². The van der Waals surface area contributed by atoms with Gasteiger partial charge in [0.05, 0.1) is 5.75 Å². The number of rotatable bonds is 9. The van der Waals surface area contributed by atoms with Crippen LogP contribution >= 0.6 is 11.8 Å². The fraction of sp³-hybridized carbons (Fsp3) is 0.476. The second-order valence-electron chi connectivity index (χ2n) is 7.53. The summed E-state index contributed by atoms with van der Waals surface area (Å²) in [4.78, 5) is 14.8. The average molecular weight is 385 g/mol. The number of thioether (sulfide) groups is 1. The van der Waals surface area contributed by atoms with E-state index in [1.807, 2.05) is 27.7 Å². The Labute approximate surface area is 165 Å². The first-order valence-electron chi connectivity index (χ1n) is 9.53. The number of amides is 1. The zero-order valence-electron chi connectivity index (χ0n) is 16.4. The third-order valence-corrected chi connectivity index (χ3v) is 5.45. The predicted octanol–water partition coefficient (Wildman–Crippen LogP) is 4.18. The Hall–Kier alpha value is -2.08. The van der Waals surface area contributed by atoms with Crippen LogP contribution in [0.4, 0.5) is 0 Å². The molecule has 0 saturated heterocycles. The molecule has 27 heavy (non-hydrogen) atoms. The summed E-state index contributed by atoms with van der Waals surface area (Å²) in [6.07, 6.45) is 4.10. The molecule has 0 unspecified atom stereocenters. The summed E-state index contributed by atoms with van der Waals surface area (Å²) >= 11 is 1.47. The third kappa shape index (κ3) is 5.01. The van der Waals surface area contributed by atoms with Gasteiger partial charge >= 0.3 is 0 Å². The minimum atomic E-state index is 0.196. The van der Waals surface area contributed by atoms with Crippen molar-refractivity contribution in [1.82, 2.24) is 19.7 Å². The van der Waals surface area contributed by atoms with E-state index in [4.69, 9.17) is 0 Å². The fourth-order valence-electron chi connectivity index (χ4n) is 3.13. The van der Waals surface area contributed by atoms with Crippen LogP contribution in [0.5, 0.6) is 0 Å². The number of benzene rings is 1. The van der Waals surface area contributed by atoms with Gasteiger partial charge in [-0.1, -0.05) is 55.4 Å². The minimum absolute atomic E-state index is 0.196. The molecular formula is C21H28N4OS. The molecule has 0 spiro atoms. The van der Waals surface area contributed by atoms with Crippen molar-refractivity contribution in [2.45, 2.75) is 51.4 Å². The highest BCUT2D eigenvalue weighted by molar-refractivity contribution is 7.99. The van der Waals surface area contributed by atoms with E-state index in [0.717, 1.165) is 35.9 Å². The molecule has 0 bridgehead atoms. The lowest BCUT2D eigenvalue weighted by Crippen LogP contribution is -2.37. The number of carbonyl (C=O) groups is 1. The van der Waals surface area contributed by atoms with Crippen molar-refractivity contribution in [3.63, 3.8) is 0 Å². The van der Waals surface area contributed by atoms with Gasteiger partial charge in [-0.2, -0.15) is 0 Å². The Morgan fingerprint density at radius 2 is 2.19 bits per heavy atom. The summed E-state index contributed by atoms with van der Waals surface area (Å²) in [6.45, 7) is 11.7. The summed E-state index contributed by atoms with van der Waals surface area (Å²) in [5.74, 6) is 1.89. The smallest absolute Gasteiger partial charge is 0.233 e. The highest BCUT2D eigenvalue weighted by Gasteiger charge is 2.32. The second-order valence-corrected chi connectivity index (χ2v) is 8.48. The van der Waals surface area contributed by atoms with E-state index in [1.165, 1.54) is 17.3 Å². The van der Waals surface area contributed by atoms with Gasteiger partial charge in [0.2, 0.25) is 5.91 Å². The molecule has 5 nitrogen and oxygen atoms in total. The number of hydrogen-bond donors (Lipinski definition) is 0. The maximum Gasteiger partial charge on any atom is 0.233 e. The van der Waals surface area contributed by atoms with Crippen LogP contribution < -0.4 is 0 Å². The fourth-order valence-corrected chi connectivity index (χ4v) is 3.96. The van der Waals surface area contributed by atoms with Crippen LogP contribution in [0.15, 0.2) is 42.1 Å². The van der Waals surface area contributed by atoms with Crippen molar-refractivity contribution in [1.29, 1.82) is 0 Å². The van der Waals surface area contributed by atoms with E-state index in [0.29, 0.717) is 24.3 Å². The number of allylic oxidation sites excluding steroid dienone is 1. The predicted molar refractivity (Wildman–Crippen MR) is 111 cm³/mol. The Balaban J connectivity index is 1.74. The summed E-state index contributed by atoms with van der Waals surface area (Å²) in [5, 5.41) is 9.50. The molecule has 0 aliphatic heterocycles. The maximum atomic E-state index is 12.8. The SMILES string of the molecule is C=CCn1c(SCC(=O)N(CC(C)C)C2CC2)nnc1-c1cccc(C)c1. The minimum Gasteiger partial charge on any atom is -0.339 e. The van der Waals surface area contributed by atoms with Crippen LogP contribution in [0.2, 0.25) is 0 Å².